The van der Waals surface area contributed by atoms with Gasteiger partial charge in [0.2, 0.25) is 5.95 Å². The summed E-state index contributed by atoms with van der Waals surface area (Å²) in [7, 11) is 3.67. The molecule has 0 atom stereocenters. The summed E-state index contributed by atoms with van der Waals surface area (Å²) in [6.45, 7) is 0. The van der Waals surface area contributed by atoms with Gasteiger partial charge < -0.3 is 10.2 Å². The number of nitrogens with zero attached hydrogens (tertiary/aromatic N) is 3. The lowest BCUT2D eigenvalue weighted by atomic mass is 10.3. The fourth-order valence-electron chi connectivity index (χ4n) is 1.31. The molecule has 0 aromatic carbocycles. The van der Waals surface area contributed by atoms with Crippen molar-refractivity contribution in [1.82, 2.24) is 9.97 Å². The van der Waals surface area contributed by atoms with Crippen LogP contribution < -0.4 is 10.2 Å². The minimum Gasteiger partial charge on any atom is -0.347 e. The topological polar surface area (TPSA) is 58.1 Å². The second kappa shape index (κ2) is 5.73. The second-order valence-corrected chi connectivity index (χ2v) is 6.14. The highest BCUT2D eigenvalue weighted by Crippen LogP contribution is 2.31. The highest BCUT2D eigenvalue weighted by molar-refractivity contribution is 7.20. The average Bonchev–Trinajstić information content (AvgIpc) is 2.69. The fraction of sp³-hybridized carbons (Fsp3) is 0.182. The zero-order chi connectivity index (χ0) is 14.0. The van der Waals surface area contributed by atoms with Crippen molar-refractivity contribution in [3.05, 3.63) is 32.7 Å². The van der Waals surface area contributed by atoms with Gasteiger partial charge in [-0.25, -0.2) is 9.97 Å². The third-order valence-corrected chi connectivity index (χ3v) is 3.68. The van der Waals surface area contributed by atoms with Gasteiger partial charge in [0.15, 0.2) is 0 Å². The van der Waals surface area contributed by atoms with Crippen LogP contribution in [0, 0.1) is 0 Å². The Hall–Kier alpha value is -1.37. The zero-order valence-electron chi connectivity index (χ0n) is 10.1. The molecule has 2 rings (SSSR count). The SMILES string of the molecule is CN(C)c1ncc(NC(=O)c2cc(Cl)sc2Cl)cn1. The highest BCUT2D eigenvalue weighted by Gasteiger charge is 2.14. The van der Waals surface area contributed by atoms with Crippen LogP contribution in [0.3, 0.4) is 0 Å². The molecule has 1 N–H and O–H groups in total. The summed E-state index contributed by atoms with van der Waals surface area (Å²) < 4.78 is 0.822. The maximum atomic E-state index is 12.0. The first-order valence-corrected chi connectivity index (χ1v) is 6.80. The Kier molecular flexibility index (Phi) is 4.24. The smallest absolute Gasteiger partial charge is 0.258 e. The third-order valence-electron chi connectivity index (χ3n) is 2.20. The number of hydrogen-bond acceptors (Lipinski definition) is 5. The highest BCUT2D eigenvalue weighted by atomic mass is 35.5. The van der Waals surface area contributed by atoms with Gasteiger partial charge in [-0.3, -0.25) is 4.79 Å². The maximum absolute atomic E-state index is 12.0. The van der Waals surface area contributed by atoms with Crippen molar-refractivity contribution in [2.75, 3.05) is 24.3 Å². The lowest BCUT2D eigenvalue weighted by molar-refractivity contribution is 0.102. The number of aromatic nitrogens is 2. The molecule has 2 aromatic rings. The number of rotatable bonds is 3. The molecule has 0 radical (unpaired) electrons. The number of halogens is 2. The molecule has 0 bridgehead atoms. The largest absolute Gasteiger partial charge is 0.347 e. The summed E-state index contributed by atoms with van der Waals surface area (Å²) >= 11 is 12.8. The van der Waals surface area contributed by atoms with Gasteiger partial charge in [-0.05, 0) is 6.07 Å². The Bertz CT molecular complexity index is 597. The van der Waals surface area contributed by atoms with E-state index >= 15 is 0 Å². The molecule has 2 heterocycles. The monoisotopic (exact) mass is 316 g/mol. The molecule has 19 heavy (non-hydrogen) atoms. The first kappa shape index (κ1) is 14.0. The number of nitrogens with one attached hydrogen (secondary N) is 1. The molecule has 0 saturated carbocycles. The minimum atomic E-state index is -0.339. The van der Waals surface area contributed by atoms with Crippen LogP contribution in [0.1, 0.15) is 10.4 Å². The van der Waals surface area contributed by atoms with Crippen molar-refractivity contribution >= 4 is 52.1 Å². The molecule has 0 unspecified atom stereocenters. The Morgan fingerprint density at radius 1 is 1.32 bits per heavy atom. The number of anilines is 2. The summed E-state index contributed by atoms with van der Waals surface area (Å²) in [4.78, 5) is 21.9. The summed E-state index contributed by atoms with van der Waals surface area (Å²) in [6.07, 6.45) is 3.06. The number of amides is 1. The van der Waals surface area contributed by atoms with E-state index in [2.05, 4.69) is 15.3 Å². The van der Waals surface area contributed by atoms with E-state index in [9.17, 15) is 4.79 Å². The lowest BCUT2D eigenvalue weighted by Crippen LogP contribution is -2.15. The minimum absolute atomic E-state index is 0.339. The normalized spacial score (nSPS) is 10.3. The third kappa shape index (κ3) is 3.34. The number of thiophene rings is 1. The van der Waals surface area contributed by atoms with Crippen molar-refractivity contribution in [3.63, 3.8) is 0 Å². The van der Waals surface area contributed by atoms with Crippen LogP contribution in [-0.2, 0) is 0 Å². The molecule has 8 heteroatoms. The van der Waals surface area contributed by atoms with E-state index in [0.717, 1.165) is 11.3 Å². The molecule has 0 fully saturated rings. The molecule has 1 amide bonds. The van der Waals surface area contributed by atoms with Crippen LogP contribution >= 0.6 is 34.5 Å². The predicted octanol–water partition coefficient (Wildman–Crippen LogP) is 3.16. The van der Waals surface area contributed by atoms with Crippen LogP contribution in [0.5, 0.6) is 0 Å². The molecule has 0 aliphatic carbocycles. The molecule has 0 spiro atoms. The van der Waals surface area contributed by atoms with Gasteiger partial charge in [0.05, 0.1) is 28.0 Å². The Morgan fingerprint density at radius 3 is 2.42 bits per heavy atom. The van der Waals surface area contributed by atoms with E-state index in [-0.39, 0.29) is 5.91 Å². The standard InChI is InChI=1S/C11H10Cl2N4OS/c1-17(2)11-14-4-6(5-15-11)16-10(18)7-3-8(12)19-9(7)13/h3-5H,1-2H3,(H,16,18). The summed E-state index contributed by atoms with van der Waals surface area (Å²) in [5, 5.41) is 2.66. The zero-order valence-corrected chi connectivity index (χ0v) is 12.5. The van der Waals surface area contributed by atoms with Crippen LogP contribution in [0.25, 0.3) is 0 Å². The van der Waals surface area contributed by atoms with Gasteiger partial charge in [0.1, 0.15) is 4.34 Å². The van der Waals surface area contributed by atoms with Crippen molar-refractivity contribution < 1.29 is 4.79 Å². The van der Waals surface area contributed by atoms with E-state index < -0.39 is 0 Å². The Morgan fingerprint density at radius 2 is 1.95 bits per heavy atom. The molecule has 0 saturated heterocycles. The van der Waals surface area contributed by atoms with Gasteiger partial charge in [0.25, 0.3) is 5.91 Å². The molecular formula is C11H10Cl2N4OS. The van der Waals surface area contributed by atoms with Crippen molar-refractivity contribution in [3.8, 4) is 0 Å². The van der Waals surface area contributed by atoms with Crippen LogP contribution in [0.2, 0.25) is 8.67 Å². The second-order valence-electron chi connectivity index (χ2n) is 3.86. The fourth-order valence-corrected chi connectivity index (χ4v) is 2.77. The molecule has 5 nitrogen and oxygen atoms in total. The van der Waals surface area contributed by atoms with Gasteiger partial charge in [0, 0.05) is 14.1 Å². The Balaban J connectivity index is 2.13. The molecule has 2 aromatic heterocycles. The van der Waals surface area contributed by atoms with E-state index in [1.807, 2.05) is 14.1 Å². The first-order valence-electron chi connectivity index (χ1n) is 5.23. The molecule has 0 aliphatic rings. The first-order chi connectivity index (χ1) is 8.97. The van der Waals surface area contributed by atoms with Gasteiger partial charge in [-0.15, -0.1) is 11.3 Å². The average molecular weight is 317 g/mol. The van der Waals surface area contributed by atoms with Crippen LogP contribution in [-0.4, -0.2) is 30.0 Å². The van der Waals surface area contributed by atoms with Gasteiger partial charge >= 0.3 is 0 Å². The summed E-state index contributed by atoms with van der Waals surface area (Å²) in [5.41, 5.74) is 0.836. The van der Waals surface area contributed by atoms with Gasteiger partial charge in [-0.2, -0.15) is 0 Å². The van der Waals surface area contributed by atoms with Crippen molar-refractivity contribution in [2.24, 2.45) is 0 Å². The number of hydrogen-bond donors (Lipinski definition) is 1. The number of carbonyl (C=O) groups is 1. The Labute approximate surface area is 124 Å². The summed E-state index contributed by atoms with van der Waals surface area (Å²) in [6, 6.07) is 1.53. The van der Waals surface area contributed by atoms with Crippen LogP contribution in [0.4, 0.5) is 11.6 Å². The predicted molar refractivity (Wildman–Crippen MR) is 78.7 cm³/mol. The van der Waals surface area contributed by atoms with E-state index in [1.165, 1.54) is 18.5 Å². The van der Waals surface area contributed by atoms with E-state index in [4.69, 9.17) is 23.2 Å². The van der Waals surface area contributed by atoms with Crippen molar-refractivity contribution in [2.45, 2.75) is 0 Å². The van der Waals surface area contributed by atoms with E-state index in [1.54, 1.807) is 4.90 Å². The number of carbonyl (C=O) groups excluding carboxylic acids is 1. The molecule has 0 aliphatic heterocycles. The molecular weight excluding hydrogens is 307 g/mol. The maximum Gasteiger partial charge on any atom is 0.258 e. The van der Waals surface area contributed by atoms with Crippen molar-refractivity contribution in [1.29, 1.82) is 0 Å². The quantitative estimate of drug-likeness (QED) is 0.945. The summed E-state index contributed by atoms with van der Waals surface area (Å²) in [5.74, 6) is 0.226. The van der Waals surface area contributed by atoms with Crippen LogP contribution in [0.15, 0.2) is 18.5 Å². The van der Waals surface area contributed by atoms with Gasteiger partial charge in [-0.1, -0.05) is 23.2 Å². The van der Waals surface area contributed by atoms with E-state index in [0.29, 0.717) is 25.9 Å². The molecule has 100 valence electrons. The lowest BCUT2D eigenvalue weighted by Gasteiger charge is -2.10.